The lowest BCUT2D eigenvalue weighted by atomic mass is 10.0. The summed E-state index contributed by atoms with van der Waals surface area (Å²) in [5.41, 5.74) is 13.2. The third-order valence-electron chi connectivity index (χ3n) is 2.87. The average Bonchev–Trinajstić information content (AvgIpc) is 2.70. The lowest BCUT2D eigenvalue weighted by Crippen LogP contribution is -2.27. The zero-order chi connectivity index (χ0) is 13.1. The lowest BCUT2D eigenvalue weighted by molar-refractivity contribution is 0.566. The van der Waals surface area contributed by atoms with E-state index in [1.165, 1.54) is 0 Å². The number of hydrogen-bond donors (Lipinski definition) is 2. The topological polar surface area (TPSA) is 102 Å². The zero-order valence-corrected chi connectivity index (χ0v) is 10.6. The van der Waals surface area contributed by atoms with Gasteiger partial charge in [0, 0.05) is 17.9 Å². The van der Waals surface area contributed by atoms with Crippen molar-refractivity contribution in [2.24, 2.45) is 32.4 Å². The number of guanidine groups is 1. The van der Waals surface area contributed by atoms with Crippen molar-refractivity contribution in [3.63, 3.8) is 0 Å². The highest BCUT2D eigenvalue weighted by Gasteiger charge is 2.13. The number of rotatable bonds is 1. The first kappa shape index (κ1) is 12.3. The number of nitrogens with zero attached hydrogens (tertiary/aromatic N) is 3. The van der Waals surface area contributed by atoms with Gasteiger partial charge in [0.05, 0.1) is 6.26 Å². The molecule has 1 unspecified atom stereocenters. The summed E-state index contributed by atoms with van der Waals surface area (Å²) in [6.07, 6.45) is 4.80. The molecule has 0 saturated carbocycles. The largest absolute Gasteiger partial charge is 0.470 e. The van der Waals surface area contributed by atoms with Crippen molar-refractivity contribution in [2.45, 2.75) is 26.7 Å². The Morgan fingerprint density at radius 3 is 2.78 bits per heavy atom. The van der Waals surface area contributed by atoms with Crippen LogP contribution in [0.2, 0.25) is 0 Å². The second-order valence-electron chi connectivity index (χ2n) is 4.41. The Bertz CT molecular complexity index is 526. The van der Waals surface area contributed by atoms with Crippen molar-refractivity contribution in [2.75, 3.05) is 0 Å². The fourth-order valence-corrected chi connectivity index (χ4v) is 1.64. The average molecular weight is 247 g/mol. The summed E-state index contributed by atoms with van der Waals surface area (Å²) in [5, 5.41) is 0. The van der Waals surface area contributed by atoms with E-state index in [9.17, 15) is 0 Å². The van der Waals surface area contributed by atoms with Gasteiger partial charge in [-0.05, 0) is 13.3 Å². The summed E-state index contributed by atoms with van der Waals surface area (Å²) in [6.45, 7) is 3.94. The van der Waals surface area contributed by atoms with Gasteiger partial charge < -0.3 is 15.9 Å². The minimum Gasteiger partial charge on any atom is -0.470 e. The van der Waals surface area contributed by atoms with E-state index in [-0.39, 0.29) is 11.9 Å². The molecular formula is C12H17N5O. The molecule has 0 spiro atoms. The third kappa shape index (κ3) is 2.77. The molecule has 6 heteroatoms. The number of aliphatic imine (C=N–C) groups is 3. The van der Waals surface area contributed by atoms with Crippen LogP contribution < -0.4 is 11.5 Å². The highest BCUT2D eigenvalue weighted by Crippen LogP contribution is 2.21. The van der Waals surface area contributed by atoms with Crippen LogP contribution in [0.1, 0.15) is 25.3 Å². The van der Waals surface area contributed by atoms with E-state index in [2.05, 4.69) is 15.0 Å². The Morgan fingerprint density at radius 2 is 2.11 bits per heavy atom. The minimum atomic E-state index is 0.152. The predicted octanol–water partition coefficient (Wildman–Crippen LogP) is 1.72. The maximum Gasteiger partial charge on any atom is 0.223 e. The second-order valence-corrected chi connectivity index (χ2v) is 4.41. The molecule has 0 amide bonds. The SMILES string of the molecule is Cc1cocc1N=C1CCC(C)C(N)=NC(N)=N1. The molecule has 1 aliphatic heterocycles. The van der Waals surface area contributed by atoms with Gasteiger partial charge in [0.25, 0.3) is 0 Å². The predicted molar refractivity (Wildman–Crippen MR) is 72.2 cm³/mol. The lowest BCUT2D eigenvalue weighted by Gasteiger charge is -2.13. The van der Waals surface area contributed by atoms with Crippen LogP contribution in [0.25, 0.3) is 0 Å². The first-order valence-electron chi connectivity index (χ1n) is 5.85. The fourth-order valence-electron chi connectivity index (χ4n) is 1.64. The van der Waals surface area contributed by atoms with Crippen LogP contribution in [-0.2, 0) is 0 Å². The number of furan rings is 1. The van der Waals surface area contributed by atoms with Crippen LogP contribution in [0, 0.1) is 12.8 Å². The number of amidine groups is 2. The first-order chi connectivity index (χ1) is 8.56. The van der Waals surface area contributed by atoms with Crippen molar-refractivity contribution in [1.82, 2.24) is 0 Å². The van der Waals surface area contributed by atoms with Crippen LogP contribution in [0.15, 0.2) is 31.9 Å². The molecule has 18 heavy (non-hydrogen) atoms. The molecule has 1 atom stereocenters. The van der Waals surface area contributed by atoms with Gasteiger partial charge in [0.1, 0.15) is 23.6 Å². The molecule has 2 heterocycles. The Hall–Kier alpha value is -2.11. The Morgan fingerprint density at radius 1 is 1.33 bits per heavy atom. The number of aryl methyl sites for hydroxylation is 1. The van der Waals surface area contributed by atoms with Gasteiger partial charge in [-0.25, -0.2) is 9.98 Å². The van der Waals surface area contributed by atoms with Crippen LogP contribution in [0.4, 0.5) is 5.69 Å². The van der Waals surface area contributed by atoms with E-state index < -0.39 is 0 Å². The summed E-state index contributed by atoms with van der Waals surface area (Å²) in [6, 6.07) is 0. The molecule has 6 nitrogen and oxygen atoms in total. The maximum atomic E-state index is 5.78. The minimum absolute atomic E-state index is 0.152. The Labute approximate surface area is 106 Å². The van der Waals surface area contributed by atoms with E-state index in [1.807, 2.05) is 13.8 Å². The van der Waals surface area contributed by atoms with E-state index in [0.717, 1.165) is 17.7 Å². The quantitative estimate of drug-likeness (QED) is 0.789. The van der Waals surface area contributed by atoms with Crippen molar-refractivity contribution in [3.05, 3.63) is 18.1 Å². The van der Waals surface area contributed by atoms with Crippen LogP contribution in [0.5, 0.6) is 0 Å². The van der Waals surface area contributed by atoms with Gasteiger partial charge in [0.2, 0.25) is 5.96 Å². The van der Waals surface area contributed by atoms with Crippen molar-refractivity contribution < 1.29 is 4.42 Å². The highest BCUT2D eigenvalue weighted by molar-refractivity contribution is 6.03. The monoisotopic (exact) mass is 247 g/mol. The van der Waals surface area contributed by atoms with Gasteiger partial charge in [-0.1, -0.05) is 6.92 Å². The van der Waals surface area contributed by atoms with Gasteiger partial charge in [0.15, 0.2) is 0 Å². The highest BCUT2D eigenvalue weighted by atomic mass is 16.3. The molecule has 0 aliphatic carbocycles. The van der Waals surface area contributed by atoms with E-state index in [0.29, 0.717) is 18.1 Å². The molecule has 0 saturated heterocycles. The normalized spacial score (nSPS) is 23.2. The molecule has 0 fully saturated rings. The van der Waals surface area contributed by atoms with Crippen molar-refractivity contribution >= 4 is 23.3 Å². The van der Waals surface area contributed by atoms with Gasteiger partial charge in [-0.15, -0.1) is 0 Å². The number of hydrogen-bond acceptors (Lipinski definition) is 5. The first-order valence-corrected chi connectivity index (χ1v) is 5.85. The summed E-state index contributed by atoms with van der Waals surface area (Å²) in [4.78, 5) is 12.6. The zero-order valence-electron chi connectivity index (χ0n) is 10.6. The molecule has 0 bridgehead atoms. The molecule has 1 aromatic rings. The summed E-state index contributed by atoms with van der Waals surface area (Å²) in [7, 11) is 0. The van der Waals surface area contributed by atoms with Crippen LogP contribution in [0.3, 0.4) is 0 Å². The Balaban J connectivity index is 2.32. The molecule has 1 aliphatic rings. The smallest absolute Gasteiger partial charge is 0.223 e. The molecule has 4 N–H and O–H groups in total. The second kappa shape index (κ2) is 5.03. The Kier molecular flexibility index (Phi) is 3.45. The molecule has 0 radical (unpaired) electrons. The third-order valence-corrected chi connectivity index (χ3v) is 2.87. The molecule has 96 valence electrons. The fraction of sp³-hybridized carbons (Fsp3) is 0.417. The number of nitrogens with two attached hydrogens (primary N) is 2. The molecule has 0 aromatic carbocycles. The standard InChI is InChI=1S/C12H17N5O/c1-7-3-4-10(16-12(14)17-11(7)13)15-9-6-18-5-8(9)2/h5-7H,3-4H2,1-2H3,(H4,13,14,15,16,17). The van der Waals surface area contributed by atoms with Crippen LogP contribution >= 0.6 is 0 Å². The van der Waals surface area contributed by atoms with E-state index in [1.54, 1.807) is 12.5 Å². The summed E-state index contributed by atoms with van der Waals surface area (Å²) >= 11 is 0. The van der Waals surface area contributed by atoms with Crippen molar-refractivity contribution in [1.29, 1.82) is 0 Å². The van der Waals surface area contributed by atoms with Gasteiger partial charge in [-0.3, -0.25) is 0 Å². The summed E-state index contributed by atoms with van der Waals surface area (Å²) in [5.74, 6) is 1.50. The van der Waals surface area contributed by atoms with E-state index >= 15 is 0 Å². The molecule has 2 rings (SSSR count). The van der Waals surface area contributed by atoms with Crippen molar-refractivity contribution in [3.8, 4) is 0 Å². The van der Waals surface area contributed by atoms with Crippen LogP contribution in [-0.4, -0.2) is 17.6 Å². The molecular weight excluding hydrogens is 230 g/mol. The van der Waals surface area contributed by atoms with Gasteiger partial charge in [-0.2, -0.15) is 4.99 Å². The molecule has 1 aromatic heterocycles. The van der Waals surface area contributed by atoms with Gasteiger partial charge >= 0.3 is 0 Å². The summed E-state index contributed by atoms with van der Waals surface area (Å²) < 4.78 is 5.07. The van der Waals surface area contributed by atoms with E-state index in [4.69, 9.17) is 15.9 Å². The maximum absolute atomic E-state index is 5.78.